The highest BCUT2D eigenvalue weighted by Crippen LogP contribution is 2.26. The molecule has 0 bridgehead atoms. The van der Waals surface area contributed by atoms with E-state index < -0.39 is 0 Å². The van der Waals surface area contributed by atoms with E-state index in [9.17, 15) is 9.59 Å². The van der Waals surface area contributed by atoms with E-state index in [1.165, 1.54) is 6.42 Å². The van der Waals surface area contributed by atoms with Crippen LogP contribution in [0.1, 0.15) is 56.3 Å². The third-order valence-electron chi connectivity index (χ3n) is 3.90. The van der Waals surface area contributed by atoms with Crippen LogP contribution in [0.25, 0.3) is 0 Å². The van der Waals surface area contributed by atoms with Gasteiger partial charge in [0.1, 0.15) is 12.0 Å². The van der Waals surface area contributed by atoms with Gasteiger partial charge in [-0.25, -0.2) is 4.79 Å². The average molecular weight is 318 g/mol. The summed E-state index contributed by atoms with van der Waals surface area (Å²) in [5, 5.41) is 5.83. The average Bonchev–Trinajstić information content (AvgIpc) is 2.54. The minimum Gasteiger partial charge on any atom is -0.491 e. The molecule has 1 aliphatic carbocycles. The molecule has 0 aromatic heterocycles. The number of carbonyl (C=O) groups is 2. The lowest BCUT2D eigenvalue weighted by Crippen LogP contribution is -2.39. The lowest BCUT2D eigenvalue weighted by Gasteiger charge is -2.23. The quantitative estimate of drug-likeness (QED) is 0.779. The minimum absolute atomic E-state index is 0.234. The number of urea groups is 1. The maximum Gasteiger partial charge on any atom is 0.319 e. The van der Waals surface area contributed by atoms with Gasteiger partial charge in [-0.3, -0.25) is 4.79 Å². The Morgan fingerprint density at radius 3 is 2.70 bits per heavy atom. The highest BCUT2D eigenvalue weighted by atomic mass is 16.5. The molecule has 1 fully saturated rings. The lowest BCUT2D eigenvalue weighted by molar-refractivity contribution is 0.112. The Labute approximate surface area is 137 Å². The van der Waals surface area contributed by atoms with Gasteiger partial charge >= 0.3 is 6.03 Å². The van der Waals surface area contributed by atoms with Crippen LogP contribution in [-0.4, -0.2) is 25.0 Å². The molecule has 0 atom stereocenters. The van der Waals surface area contributed by atoms with Crippen molar-refractivity contribution in [3.8, 4) is 5.75 Å². The van der Waals surface area contributed by atoms with Gasteiger partial charge in [0, 0.05) is 11.6 Å². The molecule has 23 heavy (non-hydrogen) atoms. The normalized spacial score (nSPS) is 15.3. The SMILES string of the molecule is CC(C)COc1ccc(C=O)cc1NC(=O)NC1CCCCC1. The highest BCUT2D eigenvalue weighted by Gasteiger charge is 2.17. The molecule has 0 spiro atoms. The van der Waals surface area contributed by atoms with Gasteiger partial charge < -0.3 is 15.4 Å². The zero-order chi connectivity index (χ0) is 16.7. The molecule has 5 heteroatoms. The van der Waals surface area contributed by atoms with E-state index in [1.807, 2.05) is 0 Å². The lowest BCUT2D eigenvalue weighted by atomic mass is 9.96. The number of nitrogens with one attached hydrogen (secondary N) is 2. The molecule has 2 N–H and O–H groups in total. The van der Waals surface area contributed by atoms with E-state index >= 15 is 0 Å². The summed E-state index contributed by atoms with van der Waals surface area (Å²) < 4.78 is 5.73. The van der Waals surface area contributed by atoms with Gasteiger partial charge in [0.05, 0.1) is 12.3 Å². The first-order valence-electron chi connectivity index (χ1n) is 8.38. The van der Waals surface area contributed by atoms with E-state index in [0.29, 0.717) is 29.5 Å². The van der Waals surface area contributed by atoms with E-state index in [0.717, 1.165) is 32.0 Å². The predicted molar refractivity (Wildman–Crippen MR) is 91.2 cm³/mol. The van der Waals surface area contributed by atoms with Crippen LogP contribution in [0.4, 0.5) is 10.5 Å². The number of ether oxygens (including phenoxy) is 1. The zero-order valence-electron chi connectivity index (χ0n) is 13.9. The Bertz CT molecular complexity index is 537. The van der Waals surface area contributed by atoms with Crippen LogP contribution in [0.3, 0.4) is 0 Å². The van der Waals surface area contributed by atoms with Crippen LogP contribution in [0, 0.1) is 5.92 Å². The Morgan fingerprint density at radius 1 is 1.30 bits per heavy atom. The number of amides is 2. The van der Waals surface area contributed by atoms with Gasteiger partial charge in [0.25, 0.3) is 0 Å². The summed E-state index contributed by atoms with van der Waals surface area (Å²) in [6.45, 7) is 4.67. The summed E-state index contributed by atoms with van der Waals surface area (Å²) in [5.41, 5.74) is 1.04. The fourth-order valence-electron chi connectivity index (χ4n) is 2.69. The van der Waals surface area contributed by atoms with E-state index in [4.69, 9.17) is 4.74 Å². The molecule has 2 rings (SSSR count). The first kappa shape index (κ1) is 17.3. The Balaban J connectivity index is 2.02. The standard InChI is InChI=1S/C18H26N2O3/c1-13(2)12-23-17-9-8-14(11-21)10-16(17)20-18(22)19-15-6-4-3-5-7-15/h8-11,13,15H,3-7,12H2,1-2H3,(H2,19,20,22). The largest absolute Gasteiger partial charge is 0.491 e. The first-order valence-corrected chi connectivity index (χ1v) is 8.38. The second kappa shape index (κ2) is 8.56. The van der Waals surface area contributed by atoms with Gasteiger partial charge in [0.15, 0.2) is 0 Å². The predicted octanol–water partition coefficient (Wildman–Crippen LogP) is 3.99. The molecule has 5 nitrogen and oxygen atoms in total. The van der Waals surface area contributed by atoms with Crippen molar-refractivity contribution in [3.63, 3.8) is 0 Å². The van der Waals surface area contributed by atoms with Crippen molar-refractivity contribution >= 4 is 18.0 Å². The van der Waals surface area contributed by atoms with Gasteiger partial charge in [-0.15, -0.1) is 0 Å². The molecule has 1 saturated carbocycles. The molecule has 1 aromatic carbocycles. The number of carbonyl (C=O) groups excluding carboxylic acids is 2. The maximum absolute atomic E-state index is 12.2. The number of benzene rings is 1. The van der Waals surface area contributed by atoms with E-state index in [2.05, 4.69) is 24.5 Å². The number of hydrogen-bond donors (Lipinski definition) is 2. The van der Waals surface area contributed by atoms with Gasteiger partial charge in [-0.05, 0) is 37.0 Å². The molecule has 2 amide bonds. The minimum atomic E-state index is -0.241. The van der Waals surface area contributed by atoms with Gasteiger partial charge in [-0.1, -0.05) is 33.1 Å². The number of hydrogen-bond acceptors (Lipinski definition) is 3. The summed E-state index contributed by atoms with van der Waals surface area (Å²) >= 11 is 0. The van der Waals surface area contributed by atoms with Crippen molar-refractivity contribution < 1.29 is 14.3 Å². The second-order valence-corrected chi connectivity index (χ2v) is 6.51. The summed E-state index contributed by atoms with van der Waals surface area (Å²) in [4.78, 5) is 23.2. The molecule has 0 aliphatic heterocycles. The first-order chi connectivity index (χ1) is 11.1. The zero-order valence-corrected chi connectivity index (χ0v) is 13.9. The molecule has 0 unspecified atom stereocenters. The third kappa shape index (κ3) is 5.58. The van der Waals surface area contributed by atoms with Crippen molar-refractivity contribution in [2.45, 2.75) is 52.0 Å². The maximum atomic E-state index is 12.2. The van der Waals surface area contributed by atoms with Crippen LogP contribution < -0.4 is 15.4 Å². The Kier molecular flexibility index (Phi) is 6.44. The molecule has 1 aromatic rings. The Hall–Kier alpha value is -2.04. The fraction of sp³-hybridized carbons (Fsp3) is 0.556. The molecule has 0 heterocycles. The van der Waals surface area contributed by atoms with Crippen molar-refractivity contribution in [3.05, 3.63) is 23.8 Å². The molecule has 126 valence electrons. The van der Waals surface area contributed by atoms with Crippen LogP contribution in [0.15, 0.2) is 18.2 Å². The van der Waals surface area contributed by atoms with Crippen molar-refractivity contribution in [1.29, 1.82) is 0 Å². The Morgan fingerprint density at radius 2 is 2.04 bits per heavy atom. The second-order valence-electron chi connectivity index (χ2n) is 6.51. The fourth-order valence-corrected chi connectivity index (χ4v) is 2.69. The van der Waals surface area contributed by atoms with Crippen molar-refractivity contribution in [1.82, 2.24) is 5.32 Å². The number of aldehydes is 1. The van der Waals surface area contributed by atoms with E-state index in [-0.39, 0.29) is 12.1 Å². The molecule has 0 radical (unpaired) electrons. The smallest absolute Gasteiger partial charge is 0.319 e. The van der Waals surface area contributed by atoms with E-state index in [1.54, 1.807) is 18.2 Å². The molecular weight excluding hydrogens is 292 g/mol. The molecule has 0 saturated heterocycles. The van der Waals surface area contributed by atoms with Crippen LogP contribution in [0.2, 0.25) is 0 Å². The van der Waals surface area contributed by atoms with Gasteiger partial charge in [0.2, 0.25) is 0 Å². The number of rotatable bonds is 6. The van der Waals surface area contributed by atoms with Gasteiger partial charge in [-0.2, -0.15) is 0 Å². The summed E-state index contributed by atoms with van der Waals surface area (Å²) in [5.74, 6) is 0.966. The van der Waals surface area contributed by atoms with Crippen LogP contribution >= 0.6 is 0 Å². The van der Waals surface area contributed by atoms with Crippen LogP contribution in [-0.2, 0) is 0 Å². The molecular formula is C18H26N2O3. The van der Waals surface area contributed by atoms with Crippen LogP contribution in [0.5, 0.6) is 5.75 Å². The highest BCUT2D eigenvalue weighted by molar-refractivity contribution is 5.92. The summed E-state index contributed by atoms with van der Waals surface area (Å²) in [7, 11) is 0. The summed E-state index contributed by atoms with van der Waals surface area (Å²) in [6.07, 6.45) is 6.38. The third-order valence-corrected chi connectivity index (χ3v) is 3.90. The molecule has 1 aliphatic rings. The monoisotopic (exact) mass is 318 g/mol. The van der Waals surface area contributed by atoms with Crippen molar-refractivity contribution in [2.24, 2.45) is 5.92 Å². The van der Waals surface area contributed by atoms with Crippen molar-refractivity contribution in [2.75, 3.05) is 11.9 Å². The topological polar surface area (TPSA) is 67.4 Å². The number of anilines is 1. The summed E-state index contributed by atoms with van der Waals surface area (Å²) in [6, 6.07) is 5.05.